The van der Waals surface area contributed by atoms with Crippen LogP contribution in [0.3, 0.4) is 0 Å². The summed E-state index contributed by atoms with van der Waals surface area (Å²) >= 11 is 0. The summed E-state index contributed by atoms with van der Waals surface area (Å²) < 4.78 is 0. The minimum Gasteiger partial charge on any atom is -0.325 e. The summed E-state index contributed by atoms with van der Waals surface area (Å²) in [5, 5.41) is 6.04. The number of nitrogens with one attached hydrogen (secondary N) is 2. The van der Waals surface area contributed by atoms with Gasteiger partial charge in [0, 0.05) is 18.4 Å². The van der Waals surface area contributed by atoms with Gasteiger partial charge in [0.15, 0.2) is 0 Å². The highest BCUT2D eigenvalue weighted by molar-refractivity contribution is 5.94. The highest BCUT2D eigenvalue weighted by atomic mass is 16.2. The Balaban J connectivity index is 1.86. The third kappa shape index (κ3) is 4.65. The molecule has 1 unspecified atom stereocenters. The molecular weight excluding hydrogens is 264 g/mol. The van der Waals surface area contributed by atoms with E-state index in [0.717, 1.165) is 17.2 Å². The largest absolute Gasteiger partial charge is 0.325 e. The van der Waals surface area contributed by atoms with E-state index in [1.165, 1.54) is 5.56 Å². The molecule has 0 spiro atoms. The van der Waals surface area contributed by atoms with Crippen molar-refractivity contribution in [2.45, 2.75) is 33.4 Å². The maximum atomic E-state index is 12.1. The molecule has 1 aromatic heterocycles. The predicted molar refractivity (Wildman–Crippen MR) is 82.9 cm³/mol. The highest BCUT2D eigenvalue weighted by Crippen LogP contribution is 2.09. The number of hydrogen-bond acceptors (Lipinski definition) is 4. The minimum absolute atomic E-state index is 0.0652. The molecule has 0 radical (unpaired) electrons. The first-order valence-electron chi connectivity index (χ1n) is 6.94. The van der Waals surface area contributed by atoms with Gasteiger partial charge in [-0.25, -0.2) is 9.97 Å². The number of aromatic nitrogens is 2. The zero-order valence-electron chi connectivity index (χ0n) is 12.6. The van der Waals surface area contributed by atoms with E-state index in [4.69, 9.17) is 0 Å². The van der Waals surface area contributed by atoms with Crippen molar-refractivity contribution in [1.29, 1.82) is 0 Å². The maximum Gasteiger partial charge on any atom is 0.241 e. The molecule has 110 valence electrons. The van der Waals surface area contributed by atoms with Gasteiger partial charge in [0.2, 0.25) is 5.91 Å². The molecule has 0 fully saturated rings. The fraction of sp³-hybridized carbons (Fsp3) is 0.312. The van der Waals surface area contributed by atoms with Crippen LogP contribution in [0.1, 0.15) is 24.0 Å². The monoisotopic (exact) mass is 284 g/mol. The molecule has 2 aromatic rings. The van der Waals surface area contributed by atoms with Crippen LogP contribution in [0.2, 0.25) is 0 Å². The zero-order chi connectivity index (χ0) is 15.2. The predicted octanol–water partition coefficient (Wildman–Crippen LogP) is 2.21. The average molecular weight is 284 g/mol. The Labute approximate surface area is 124 Å². The molecule has 5 heteroatoms. The van der Waals surface area contributed by atoms with Gasteiger partial charge in [0.25, 0.3) is 0 Å². The van der Waals surface area contributed by atoms with Crippen molar-refractivity contribution < 1.29 is 4.79 Å². The number of nitrogens with zero attached hydrogens (tertiary/aromatic N) is 2. The van der Waals surface area contributed by atoms with Crippen molar-refractivity contribution in [2.24, 2.45) is 0 Å². The average Bonchev–Trinajstić information content (AvgIpc) is 2.47. The summed E-state index contributed by atoms with van der Waals surface area (Å²) in [5.41, 5.74) is 2.84. The number of benzene rings is 1. The van der Waals surface area contributed by atoms with Crippen LogP contribution in [0, 0.1) is 13.8 Å². The molecule has 1 aromatic carbocycles. The first-order chi connectivity index (χ1) is 10.0. The first kappa shape index (κ1) is 15.1. The van der Waals surface area contributed by atoms with Crippen LogP contribution in [-0.4, -0.2) is 21.9 Å². The van der Waals surface area contributed by atoms with Gasteiger partial charge in [-0.3, -0.25) is 4.79 Å². The summed E-state index contributed by atoms with van der Waals surface area (Å²) in [4.78, 5) is 20.4. The van der Waals surface area contributed by atoms with E-state index in [1.54, 1.807) is 6.20 Å². The van der Waals surface area contributed by atoms with Crippen LogP contribution in [0.4, 0.5) is 5.69 Å². The van der Waals surface area contributed by atoms with E-state index in [9.17, 15) is 4.79 Å². The second-order valence-electron chi connectivity index (χ2n) is 5.05. The topological polar surface area (TPSA) is 66.9 Å². The fourth-order valence-corrected chi connectivity index (χ4v) is 1.84. The molecule has 0 saturated heterocycles. The quantitative estimate of drug-likeness (QED) is 0.883. The second-order valence-corrected chi connectivity index (χ2v) is 5.05. The Bertz CT molecular complexity index is 610. The van der Waals surface area contributed by atoms with Gasteiger partial charge in [0.05, 0.1) is 11.7 Å². The molecule has 1 atom stereocenters. The molecule has 21 heavy (non-hydrogen) atoms. The van der Waals surface area contributed by atoms with E-state index in [1.807, 2.05) is 51.1 Å². The van der Waals surface area contributed by atoms with Gasteiger partial charge in [-0.05, 0) is 39.0 Å². The molecule has 0 aliphatic carbocycles. The maximum absolute atomic E-state index is 12.1. The van der Waals surface area contributed by atoms with Crippen LogP contribution in [0.15, 0.2) is 36.5 Å². The SMILES string of the molecule is Cc1ccc(NC(=O)C(C)NCc2ccnc(C)n2)cc1. The fourth-order valence-electron chi connectivity index (χ4n) is 1.84. The zero-order valence-corrected chi connectivity index (χ0v) is 12.6. The smallest absolute Gasteiger partial charge is 0.241 e. The van der Waals surface area contributed by atoms with Crippen LogP contribution < -0.4 is 10.6 Å². The molecule has 5 nitrogen and oxygen atoms in total. The van der Waals surface area contributed by atoms with E-state index >= 15 is 0 Å². The Morgan fingerprint density at radius 2 is 1.90 bits per heavy atom. The van der Waals surface area contributed by atoms with E-state index in [-0.39, 0.29) is 11.9 Å². The Morgan fingerprint density at radius 1 is 1.19 bits per heavy atom. The lowest BCUT2D eigenvalue weighted by Gasteiger charge is -2.14. The minimum atomic E-state index is -0.304. The molecule has 2 N–H and O–H groups in total. The summed E-state index contributed by atoms with van der Waals surface area (Å²) in [6.07, 6.45) is 1.72. The first-order valence-corrected chi connectivity index (χ1v) is 6.94. The number of hydrogen-bond donors (Lipinski definition) is 2. The number of carbonyl (C=O) groups is 1. The summed E-state index contributed by atoms with van der Waals surface area (Å²) in [7, 11) is 0. The van der Waals surface area contributed by atoms with Gasteiger partial charge in [0.1, 0.15) is 5.82 Å². The number of aryl methyl sites for hydroxylation is 2. The van der Waals surface area contributed by atoms with E-state index in [0.29, 0.717) is 6.54 Å². The van der Waals surface area contributed by atoms with Crippen LogP contribution in [0.5, 0.6) is 0 Å². The Morgan fingerprint density at radius 3 is 2.57 bits per heavy atom. The van der Waals surface area contributed by atoms with Crippen molar-refractivity contribution in [1.82, 2.24) is 15.3 Å². The van der Waals surface area contributed by atoms with Crippen molar-refractivity contribution in [2.75, 3.05) is 5.32 Å². The third-order valence-electron chi connectivity index (χ3n) is 3.14. The molecule has 0 bridgehead atoms. The lowest BCUT2D eigenvalue weighted by molar-refractivity contribution is -0.117. The van der Waals surface area contributed by atoms with Gasteiger partial charge in [-0.1, -0.05) is 17.7 Å². The Hall–Kier alpha value is -2.27. The molecule has 1 heterocycles. The third-order valence-corrected chi connectivity index (χ3v) is 3.14. The van der Waals surface area contributed by atoms with Crippen LogP contribution >= 0.6 is 0 Å². The lowest BCUT2D eigenvalue weighted by Crippen LogP contribution is -2.37. The number of amides is 1. The van der Waals surface area contributed by atoms with Crippen LogP contribution in [0.25, 0.3) is 0 Å². The van der Waals surface area contributed by atoms with Gasteiger partial charge in [-0.15, -0.1) is 0 Å². The van der Waals surface area contributed by atoms with Crippen molar-refractivity contribution in [3.05, 3.63) is 53.6 Å². The standard InChI is InChI=1S/C16H20N4O/c1-11-4-6-14(7-5-11)20-16(21)12(2)18-10-15-8-9-17-13(3)19-15/h4-9,12,18H,10H2,1-3H3,(H,20,21). The molecule has 0 saturated carbocycles. The summed E-state index contributed by atoms with van der Waals surface area (Å²) in [6.45, 7) is 6.22. The molecular formula is C16H20N4O. The number of anilines is 1. The number of rotatable bonds is 5. The molecule has 2 rings (SSSR count). The number of carbonyl (C=O) groups excluding carboxylic acids is 1. The van der Waals surface area contributed by atoms with Gasteiger partial charge in [-0.2, -0.15) is 0 Å². The van der Waals surface area contributed by atoms with Crippen molar-refractivity contribution >= 4 is 11.6 Å². The molecule has 1 amide bonds. The van der Waals surface area contributed by atoms with Crippen molar-refractivity contribution in [3.63, 3.8) is 0 Å². The highest BCUT2D eigenvalue weighted by Gasteiger charge is 2.12. The summed E-state index contributed by atoms with van der Waals surface area (Å²) in [5.74, 6) is 0.663. The lowest BCUT2D eigenvalue weighted by atomic mass is 10.2. The van der Waals surface area contributed by atoms with Crippen LogP contribution in [-0.2, 0) is 11.3 Å². The summed E-state index contributed by atoms with van der Waals surface area (Å²) in [6, 6.07) is 9.27. The van der Waals surface area contributed by atoms with Gasteiger partial charge >= 0.3 is 0 Å². The van der Waals surface area contributed by atoms with Gasteiger partial charge < -0.3 is 10.6 Å². The second kappa shape index (κ2) is 6.95. The Kier molecular flexibility index (Phi) is 5.00. The molecule has 0 aliphatic rings. The molecule has 0 aliphatic heterocycles. The normalized spacial score (nSPS) is 12.0. The van der Waals surface area contributed by atoms with E-state index in [2.05, 4.69) is 20.6 Å². The van der Waals surface area contributed by atoms with E-state index < -0.39 is 0 Å². The van der Waals surface area contributed by atoms with Crippen molar-refractivity contribution in [3.8, 4) is 0 Å².